The van der Waals surface area contributed by atoms with Gasteiger partial charge in [0, 0.05) is 31.0 Å². The van der Waals surface area contributed by atoms with E-state index in [9.17, 15) is 4.79 Å². The Balaban J connectivity index is 1.69. The Kier molecular flexibility index (Phi) is 6.73. The Morgan fingerprint density at radius 3 is 2.96 bits per heavy atom. The van der Waals surface area contributed by atoms with Gasteiger partial charge in [0.2, 0.25) is 5.91 Å². The number of rotatable bonds is 9. The molecule has 0 radical (unpaired) electrons. The molecule has 0 aliphatic carbocycles. The van der Waals surface area contributed by atoms with Crippen molar-refractivity contribution in [3.63, 3.8) is 0 Å². The normalized spacial score (nSPS) is 11.1. The van der Waals surface area contributed by atoms with Gasteiger partial charge in [-0.15, -0.1) is 11.3 Å². The van der Waals surface area contributed by atoms with E-state index in [4.69, 9.17) is 4.74 Å². The van der Waals surface area contributed by atoms with Crippen molar-refractivity contribution < 1.29 is 9.53 Å². The predicted octanol–water partition coefficient (Wildman–Crippen LogP) is 2.73. The molecule has 0 unspecified atom stereocenters. The maximum atomic E-state index is 11.8. The van der Waals surface area contributed by atoms with Crippen LogP contribution in [0, 0.1) is 6.92 Å². The monoisotopic (exact) mass is 336 g/mol. The Hall–Kier alpha value is -1.73. The molecule has 2 rings (SSSR count). The number of nitrogens with zero attached hydrogens (tertiary/aromatic N) is 2. The third-order valence-electron chi connectivity index (χ3n) is 3.19. The van der Waals surface area contributed by atoms with Gasteiger partial charge in [0.1, 0.15) is 17.0 Å². The van der Waals surface area contributed by atoms with Gasteiger partial charge >= 0.3 is 0 Å². The van der Waals surface area contributed by atoms with Gasteiger partial charge in [0.15, 0.2) is 0 Å². The van der Waals surface area contributed by atoms with E-state index in [1.807, 2.05) is 20.8 Å². The summed E-state index contributed by atoms with van der Waals surface area (Å²) < 4.78 is 5.43. The summed E-state index contributed by atoms with van der Waals surface area (Å²) in [5.74, 6) is 0.825. The first kappa shape index (κ1) is 17.6. The molecule has 0 bridgehead atoms. The average molecular weight is 336 g/mol. The zero-order valence-electron chi connectivity index (χ0n) is 13.9. The van der Waals surface area contributed by atoms with Crippen LogP contribution in [0.5, 0.6) is 0 Å². The summed E-state index contributed by atoms with van der Waals surface area (Å²) in [7, 11) is 0. The summed E-state index contributed by atoms with van der Waals surface area (Å²) in [4.78, 5) is 22.5. The fourth-order valence-corrected chi connectivity index (χ4v) is 2.97. The van der Waals surface area contributed by atoms with Gasteiger partial charge in [-0.05, 0) is 33.3 Å². The van der Waals surface area contributed by atoms with Crippen molar-refractivity contribution in [3.05, 3.63) is 17.3 Å². The number of carbonyl (C=O) groups is 1. The van der Waals surface area contributed by atoms with E-state index in [0.717, 1.165) is 22.5 Å². The number of hydrogen-bond donors (Lipinski definition) is 2. The van der Waals surface area contributed by atoms with E-state index in [2.05, 4.69) is 26.7 Å². The maximum Gasteiger partial charge on any atom is 0.221 e. The molecule has 0 fully saturated rings. The zero-order chi connectivity index (χ0) is 16.7. The number of carbonyl (C=O) groups excluding carboxylic acids is 1. The first-order valence-electron chi connectivity index (χ1n) is 7.89. The van der Waals surface area contributed by atoms with Crippen LogP contribution < -0.4 is 10.6 Å². The number of fused-ring (bicyclic) bond motifs is 1. The van der Waals surface area contributed by atoms with Crippen LogP contribution in [0.25, 0.3) is 10.2 Å². The van der Waals surface area contributed by atoms with E-state index in [1.165, 1.54) is 4.88 Å². The molecule has 0 aromatic carbocycles. The molecule has 6 nitrogen and oxygen atoms in total. The minimum Gasteiger partial charge on any atom is -0.379 e. The number of amides is 1. The summed E-state index contributed by atoms with van der Waals surface area (Å²) in [6.07, 6.45) is 3.04. The van der Waals surface area contributed by atoms with Crippen molar-refractivity contribution in [2.45, 2.75) is 39.7 Å². The fraction of sp³-hybridized carbons (Fsp3) is 0.562. The zero-order valence-corrected chi connectivity index (χ0v) is 14.7. The lowest BCUT2D eigenvalue weighted by Gasteiger charge is -2.09. The van der Waals surface area contributed by atoms with Gasteiger partial charge in [-0.1, -0.05) is 0 Å². The van der Waals surface area contributed by atoms with Gasteiger partial charge in [-0.2, -0.15) is 0 Å². The van der Waals surface area contributed by atoms with Crippen molar-refractivity contribution in [1.82, 2.24) is 15.3 Å². The topological polar surface area (TPSA) is 76.1 Å². The lowest BCUT2D eigenvalue weighted by molar-refractivity contribution is -0.120. The van der Waals surface area contributed by atoms with E-state index in [1.54, 1.807) is 17.7 Å². The summed E-state index contributed by atoms with van der Waals surface area (Å²) in [5, 5.41) is 7.13. The molecular weight excluding hydrogens is 312 g/mol. The predicted molar refractivity (Wildman–Crippen MR) is 94.0 cm³/mol. The second-order valence-electron chi connectivity index (χ2n) is 5.60. The molecular formula is C16H24N4O2S. The highest BCUT2D eigenvalue weighted by molar-refractivity contribution is 7.18. The Morgan fingerprint density at radius 1 is 1.35 bits per heavy atom. The van der Waals surface area contributed by atoms with E-state index in [0.29, 0.717) is 26.1 Å². The minimum absolute atomic E-state index is 0.0360. The minimum atomic E-state index is 0.0360. The molecule has 0 saturated carbocycles. The molecule has 126 valence electrons. The number of hydrogen-bond acceptors (Lipinski definition) is 6. The third kappa shape index (κ3) is 5.76. The highest BCUT2D eigenvalue weighted by atomic mass is 32.1. The highest BCUT2D eigenvalue weighted by Crippen LogP contribution is 2.27. The van der Waals surface area contributed by atoms with Gasteiger partial charge in [0.05, 0.1) is 11.5 Å². The van der Waals surface area contributed by atoms with Crippen LogP contribution in [0.3, 0.4) is 0 Å². The second kappa shape index (κ2) is 8.79. The van der Waals surface area contributed by atoms with Crippen LogP contribution in [-0.2, 0) is 9.53 Å². The van der Waals surface area contributed by atoms with Crippen LogP contribution >= 0.6 is 11.3 Å². The van der Waals surface area contributed by atoms with Gasteiger partial charge < -0.3 is 15.4 Å². The molecule has 0 aliphatic heterocycles. The lowest BCUT2D eigenvalue weighted by atomic mass is 10.3. The summed E-state index contributed by atoms with van der Waals surface area (Å²) in [6.45, 7) is 7.92. The number of aromatic nitrogens is 2. The lowest BCUT2D eigenvalue weighted by Crippen LogP contribution is -2.27. The molecule has 2 heterocycles. The highest BCUT2D eigenvalue weighted by Gasteiger charge is 2.07. The van der Waals surface area contributed by atoms with Crippen molar-refractivity contribution in [2.75, 3.05) is 25.0 Å². The summed E-state index contributed by atoms with van der Waals surface area (Å²) in [5.41, 5.74) is 0. The largest absolute Gasteiger partial charge is 0.379 e. The quantitative estimate of drug-likeness (QED) is 0.689. The fourth-order valence-electron chi connectivity index (χ4n) is 2.12. The molecule has 7 heteroatoms. The third-order valence-corrected chi connectivity index (χ3v) is 4.15. The van der Waals surface area contributed by atoms with Crippen molar-refractivity contribution >= 4 is 33.3 Å². The van der Waals surface area contributed by atoms with E-state index < -0.39 is 0 Å². The number of anilines is 1. The molecule has 2 aromatic heterocycles. The summed E-state index contributed by atoms with van der Waals surface area (Å²) >= 11 is 1.64. The van der Waals surface area contributed by atoms with Crippen LogP contribution in [0.4, 0.5) is 5.82 Å². The number of nitrogens with one attached hydrogen (secondary N) is 2. The van der Waals surface area contributed by atoms with E-state index in [-0.39, 0.29) is 12.0 Å². The standard InChI is InChI=1S/C16H24N4O2S/c1-11(2)22-8-4-6-17-14(21)5-7-18-15-13-9-12(3)23-16(13)20-10-19-15/h9-11H,4-8H2,1-3H3,(H,17,21)(H,18,19,20). The molecule has 1 amide bonds. The summed E-state index contributed by atoms with van der Waals surface area (Å²) in [6, 6.07) is 2.07. The second-order valence-corrected chi connectivity index (χ2v) is 6.83. The average Bonchev–Trinajstić information content (AvgIpc) is 2.87. The van der Waals surface area contributed by atoms with Crippen molar-refractivity contribution in [3.8, 4) is 0 Å². The Morgan fingerprint density at radius 2 is 2.17 bits per heavy atom. The van der Waals surface area contributed by atoms with Crippen molar-refractivity contribution in [2.24, 2.45) is 0 Å². The van der Waals surface area contributed by atoms with Crippen LogP contribution in [0.15, 0.2) is 12.4 Å². The Bertz CT molecular complexity index is 642. The molecule has 0 atom stereocenters. The first-order valence-corrected chi connectivity index (χ1v) is 8.71. The number of aryl methyl sites for hydroxylation is 1. The maximum absolute atomic E-state index is 11.8. The van der Waals surface area contributed by atoms with Gasteiger partial charge in [-0.25, -0.2) is 9.97 Å². The SMILES string of the molecule is Cc1cc2c(NCCC(=O)NCCCOC(C)C)ncnc2s1. The Labute approximate surface area is 140 Å². The molecule has 0 saturated heterocycles. The van der Waals surface area contributed by atoms with Gasteiger partial charge in [0.25, 0.3) is 0 Å². The molecule has 2 aromatic rings. The molecule has 23 heavy (non-hydrogen) atoms. The first-order chi connectivity index (χ1) is 11.1. The van der Waals surface area contributed by atoms with Gasteiger partial charge in [-0.3, -0.25) is 4.79 Å². The van der Waals surface area contributed by atoms with Crippen LogP contribution in [-0.4, -0.2) is 41.7 Å². The number of thiophene rings is 1. The molecule has 0 aliphatic rings. The van der Waals surface area contributed by atoms with Crippen LogP contribution in [0.1, 0.15) is 31.6 Å². The number of ether oxygens (including phenoxy) is 1. The van der Waals surface area contributed by atoms with Crippen LogP contribution in [0.2, 0.25) is 0 Å². The van der Waals surface area contributed by atoms with Crippen molar-refractivity contribution in [1.29, 1.82) is 0 Å². The molecule has 0 spiro atoms. The molecule has 2 N–H and O–H groups in total. The smallest absolute Gasteiger partial charge is 0.221 e. The van der Waals surface area contributed by atoms with E-state index >= 15 is 0 Å².